The maximum absolute atomic E-state index is 13.4. The molecule has 0 saturated heterocycles. The molecule has 2 aromatic heterocycles. The van der Waals surface area contributed by atoms with E-state index < -0.39 is 0 Å². The number of anilines is 2. The summed E-state index contributed by atoms with van der Waals surface area (Å²) in [4.78, 5) is 4.31. The zero-order valence-corrected chi connectivity index (χ0v) is 9.81. The highest BCUT2D eigenvalue weighted by Gasteiger charge is 2.07. The molecule has 3 rings (SSSR count). The highest BCUT2D eigenvalue weighted by atomic mass is 32.1. The summed E-state index contributed by atoms with van der Waals surface area (Å²) in [6, 6.07) is 5.07. The lowest BCUT2D eigenvalue weighted by Crippen LogP contribution is -1.88. The molecule has 2 heterocycles. The van der Waals surface area contributed by atoms with E-state index in [1.165, 1.54) is 17.4 Å². The van der Waals surface area contributed by atoms with Gasteiger partial charge in [-0.1, -0.05) is 11.3 Å². The lowest BCUT2D eigenvalue weighted by Gasteiger charge is -1.94. The first-order valence-corrected chi connectivity index (χ1v) is 5.87. The molecule has 0 aliphatic carbocycles. The second-order valence-electron chi connectivity index (χ2n) is 3.68. The zero-order valence-electron chi connectivity index (χ0n) is 8.99. The molecule has 2 N–H and O–H groups in total. The molecule has 0 unspecified atom stereocenters. The summed E-state index contributed by atoms with van der Waals surface area (Å²) in [6.45, 7) is 1.75. The Labute approximate surface area is 101 Å². The third kappa shape index (κ3) is 1.87. The molecule has 17 heavy (non-hydrogen) atoms. The number of thiazole rings is 1. The summed E-state index contributed by atoms with van der Waals surface area (Å²) in [6.07, 6.45) is 1.65. The lowest BCUT2D eigenvalue weighted by atomic mass is 10.2. The molecule has 1 aromatic carbocycles. The van der Waals surface area contributed by atoms with Gasteiger partial charge in [0.05, 0.1) is 16.4 Å². The second kappa shape index (κ2) is 3.81. The number of hydrogen-bond donors (Lipinski definition) is 2. The van der Waals surface area contributed by atoms with Crippen molar-refractivity contribution in [1.29, 1.82) is 0 Å². The average molecular weight is 248 g/mol. The molecule has 0 bridgehead atoms. The van der Waals surface area contributed by atoms with E-state index in [2.05, 4.69) is 20.5 Å². The molecule has 0 radical (unpaired) electrons. The van der Waals surface area contributed by atoms with Crippen molar-refractivity contribution < 1.29 is 4.39 Å². The Morgan fingerprint density at radius 2 is 2.29 bits per heavy atom. The molecule has 0 saturated carbocycles. The standard InChI is InChI=1S/C11H9FN4S/c1-6-4-9-8(5-7(6)12)14-11(17-9)15-10-2-3-13-16-10/h2-5H,1H3,(H2,13,14,15,16). The molecule has 0 atom stereocenters. The highest BCUT2D eigenvalue weighted by molar-refractivity contribution is 7.22. The number of nitrogens with one attached hydrogen (secondary N) is 2. The fourth-order valence-electron chi connectivity index (χ4n) is 1.54. The minimum Gasteiger partial charge on any atom is -0.317 e. The van der Waals surface area contributed by atoms with E-state index in [-0.39, 0.29) is 5.82 Å². The second-order valence-corrected chi connectivity index (χ2v) is 4.71. The SMILES string of the molecule is Cc1cc2sc(Nc3ccn[nH]3)nc2cc1F. The summed E-state index contributed by atoms with van der Waals surface area (Å²) < 4.78 is 14.3. The number of aromatic nitrogens is 3. The first kappa shape index (κ1) is 10.2. The van der Waals surface area contributed by atoms with Gasteiger partial charge in [-0.25, -0.2) is 9.37 Å². The van der Waals surface area contributed by atoms with Gasteiger partial charge in [-0.3, -0.25) is 5.10 Å². The van der Waals surface area contributed by atoms with Gasteiger partial charge in [-0.15, -0.1) is 0 Å². The van der Waals surface area contributed by atoms with Crippen molar-refractivity contribution in [2.45, 2.75) is 6.92 Å². The summed E-state index contributed by atoms with van der Waals surface area (Å²) in [5, 5.41) is 10.4. The van der Waals surface area contributed by atoms with E-state index in [4.69, 9.17) is 0 Å². The van der Waals surface area contributed by atoms with Crippen LogP contribution in [0, 0.1) is 12.7 Å². The Kier molecular flexibility index (Phi) is 2.29. The maximum atomic E-state index is 13.4. The van der Waals surface area contributed by atoms with Crippen molar-refractivity contribution in [2.24, 2.45) is 0 Å². The Bertz CT molecular complexity index is 620. The van der Waals surface area contributed by atoms with Crippen molar-refractivity contribution >= 4 is 32.5 Å². The first-order valence-electron chi connectivity index (χ1n) is 5.05. The van der Waals surface area contributed by atoms with Gasteiger partial charge in [0.15, 0.2) is 5.13 Å². The molecule has 6 heteroatoms. The zero-order chi connectivity index (χ0) is 11.8. The maximum Gasteiger partial charge on any atom is 0.189 e. The molecule has 0 fully saturated rings. The highest BCUT2D eigenvalue weighted by Crippen LogP contribution is 2.29. The van der Waals surface area contributed by atoms with Crippen LogP contribution in [0.4, 0.5) is 15.3 Å². The summed E-state index contributed by atoms with van der Waals surface area (Å²) >= 11 is 1.48. The third-order valence-electron chi connectivity index (χ3n) is 2.41. The average Bonchev–Trinajstić information content (AvgIpc) is 2.89. The number of hydrogen-bond acceptors (Lipinski definition) is 4. The Hall–Kier alpha value is -1.95. The molecule has 86 valence electrons. The molecule has 0 spiro atoms. The monoisotopic (exact) mass is 248 g/mol. The van der Waals surface area contributed by atoms with Gasteiger partial charge in [0.25, 0.3) is 0 Å². The first-order chi connectivity index (χ1) is 8.22. The van der Waals surface area contributed by atoms with Crippen molar-refractivity contribution in [3.63, 3.8) is 0 Å². The molecular formula is C11H9FN4S. The van der Waals surface area contributed by atoms with Crippen LogP contribution in [0.1, 0.15) is 5.56 Å². The van der Waals surface area contributed by atoms with Crippen molar-refractivity contribution in [1.82, 2.24) is 15.2 Å². The van der Waals surface area contributed by atoms with Crippen LogP contribution in [0.15, 0.2) is 24.4 Å². The smallest absolute Gasteiger partial charge is 0.189 e. The van der Waals surface area contributed by atoms with Gasteiger partial charge in [-0.2, -0.15) is 5.10 Å². The van der Waals surface area contributed by atoms with E-state index in [9.17, 15) is 4.39 Å². The van der Waals surface area contributed by atoms with E-state index >= 15 is 0 Å². The van der Waals surface area contributed by atoms with Gasteiger partial charge >= 0.3 is 0 Å². The van der Waals surface area contributed by atoms with E-state index in [1.807, 2.05) is 0 Å². The largest absolute Gasteiger partial charge is 0.317 e. The predicted molar refractivity (Wildman–Crippen MR) is 66.2 cm³/mol. The molecular weight excluding hydrogens is 239 g/mol. The van der Waals surface area contributed by atoms with Gasteiger partial charge in [0, 0.05) is 12.1 Å². The molecule has 0 amide bonds. The molecule has 0 aliphatic heterocycles. The Morgan fingerprint density at radius 1 is 1.41 bits per heavy atom. The van der Waals surface area contributed by atoms with Crippen LogP contribution in [-0.2, 0) is 0 Å². The van der Waals surface area contributed by atoms with Crippen molar-refractivity contribution in [3.05, 3.63) is 35.8 Å². The van der Waals surface area contributed by atoms with Gasteiger partial charge in [-0.05, 0) is 18.6 Å². The number of rotatable bonds is 2. The minimum atomic E-state index is -0.226. The summed E-state index contributed by atoms with van der Waals surface area (Å²) in [5.74, 6) is 0.539. The van der Waals surface area contributed by atoms with Gasteiger partial charge in [0.2, 0.25) is 0 Å². The van der Waals surface area contributed by atoms with Gasteiger partial charge in [0.1, 0.15) is 11.6 Å². The summed E-state index contributed by atoms with van der Waals surface area (Å²) in [7, 11) is 0. The minimum absolute atomic E-state index is 0.226. The van der Waals surface area contributed by atoms with E-state index in [1.54, 1.807) is 25.3 Å². The van der Waals surface area contributed by atoms with Crippen molar-refractivity contribution in [3.8, 4) is 0 Å². The topological polar surface area (TPSA) is 53.6 Å². The number of aromatic amines is 1. The number of halogens is 1. The van der Waals surface area contributed by atoms with Crippen molar-refractivity contribution in [2.75, 3.05) is 5.32 Å². The van der Waals surface area contributed by atoms with Crippen LogP contribution in [0.2, 0.25) is 0 Å². The number of fused-ring (bicyclic) bond motifs is 1. The molecule has 3 aromatic rings. The number of H-pyrrole nitrogens is 1. The third-order valence-corrected chi connectivity index (χ3v) is 3.34. The summed E-state index contributed by atoms with van der Waals surface area (Å²) in [5.41, 5.74) is 1.30. The van der Waals surface area contributed by atoms with Crippen LogP contribution in [0.3, 0.4) is 0 Å². The van der Waals surface area contributed by atoms with Crippen LogP contribution in [0.25, 0.3) is 10.2 Å². The molecule has 4 nitrogen and oxygen atoms in total. The fourth-order valence-corrected chi connectivity index (χ4v) is 2.50. The van der Waals surface area contributed by atoms with E-state index in [0.29, 0.717) is 16.2 Å². The number of aryl methyl sites for hydroxylation is 1. The van der Waals surface area contributed by atoms with E-state index in [0.717, 1.165) is 10.5 Å². The molecule has 0 aliphatic rings. The number of benzene rings is 1. The quantitative estimate of drug-likeness (QED) is 0.732. The fraction of sp³-hybridized carbons (Fsp3) is 0.0909. The van der Waals surface area contributed by atoms with Crippen LogP contribution in [-0.4, -0.2) is 15.2 Å². The normalized spacial score (nSPS) is 10.9. The van der Waals surface area contributed by atoms with Crippen LogP contribution < -0.4 is 5.32 Å². The Morgan fingerprint density at radius 3 is 3.06 bits per heavy atom. The predicted octanol–water partition coefficient (Wildman–Crippen LogP) is 3.21. The lowest BCUT2D eigenvalue weighted by molar-refractivity contribution is 0.620. The van der Waals surface area contributed by atoms with Crippen LogP contribution in [0.5, 0.6) is 0 Å². The van der Waals surface area contributed by atoms with Gasteiger partial charge < -0.3 is 5.32 Å². The van der Waals surface area contributed by atoms with Crippen LogP contribution >= 0.6 is 11.3 Å². The number of nitrogens with zero attached hydrogens (tertiary/aromatic N) is 2. The Balaban J connectivity index is 2.02.